The van der Waals surface area contributed by atoms with Crippen molar-refractivity contribution < 1.29 is 38.4 Å². The van der Waals surface area contributed by atoms with Crippen LogP contribution in [0.15, 0.2) is 52.5 Å². The van der Waals surface area contributed by atoms with Crippen molar-refractivity contribution in [1.29, 1.82) is 0 Å². The lowest BCUT2D eigenvalue weighted by Gasteiger charge is -2.49. The number of hydrogen-bond donors (Lipinski definition) is 3. The van der Waals surface area contributed by atoms with Crippen LogP contribution in [0.25, 0.3) is 22.3 Å². The Labute approximate surface area is 270 Å². The molecule has 0 saturated carbocycles. The molecule has 2 aliphatic heterocycles. The Bertz CT molecular complexity index is 1720. The molecule has 3 N–H and O–H groups in total. The summed E-state index contributed by atoms with van der Waals surface area (Å²) in [7, 11) is 1.56. The van der Waals surface area contributed by atoms with Crippen LogP contribution in [-0.2, 0) is 28.6 Å². The minimum absolute atomic E-state index is 0.176. The zero-order chi connectivity index (χ0) is 32.1. The number of benzene rings is 2. The van der Waals surface area contributed by atoms with Gasteiger partial charge in [-0.05, 0) is 36.4 Å². The second-order valence-electron chi connectivity index (χ2n) is 9.88. The van der Waals surface area contributed by atoms with Crippen LogP contribution in [-0.4, -0.2) is 102 Å². The van der Waals surface area contributed by atoms with E-state index < -0.39 is 34.8 Å². The van der Waals surface area contributed by atoms with Gasteiger partial charge in [-0.3, -0.25) is 19.3 Å². The molecule has 3 aromatic rings. The molecule has 1 saturated heterocycles. The van der Waals surface area contributed by atoms with Crippen LogP contribution in [0, 0.1) is 0 Å². The Balaban J connectivity index is 1.26. The topological polar surface area (TPSA) is 169 Å². The first-order chi connectivity index (χ1) is 21.7. The number of nitrogens with zero attached hydrogens (tertiary/aromatic N) is 2. The van der Waals surface area contributed by atoms with Gasteiger partial charge in [-0.25, -0.2) is 9.78 Å². The van der Waals surface area contributed by atoms with Crippen molar-refractivity contribution >= 4 is 63.7 Å². The van der Waals surface area contributed by atoms with Crippen molar-refractivity contribution in [1.82, 2.24) is 20.2 Å². The summed E-state index contributed by atoms with van der Waals surface area (Å²) in [6, 6.07) is 8.59. The molecule has 0 spiro atoms. The van der Waals surface area contributed by atoms with Gasteiger partial charge in [0.1, 0.15) is 41.9 Å². The van der Waals surface area contributed by atoms with Crippen molar-refractivity contribution in [2.75, 3.05) is 52.5 Å². The minimum Gasteiger partial charge on any atom is -0.488 e. The second kappa shape index (κ2) is 14.6. The molecule has 2 aliphatic rings. The minimum atomic E-state index is -1.30. The number of fused-ring (bicyclic) bond motifs is 2. The first-order valence-corrected chi connectivity index (χ1v) is 15.4. The standard InChI is InChI=1S/C29H28Cl2N4O9S/c1-41-6-7-42-8-9-43-13-22(36)33-23-27(38)35-24(29(39)40)15(14-45-28(23)35)12-44-21-5-3-17(31)11-19(21)25-32-20-4-2-16(30)10-18(20)26(37)34-25/h2-5,10-11,23,28H,6-9,12-14H2,1H3,(H,33,36)(H,39,40)(H,32,34,37). The van der Waals surface area contributed by atoms with Crippen molar-refractivity contribution in [3.63, 3.8) is 0 Å². The van der Waals surface area contributed by atoms with E-state index in [9.17, 15) is 24.3 Å². The highest BCUT2D eigenvalue weighted by Gasteiger charge is 2.54. The number of methoxy groups -OCH3 is 1. The van der Waals surface area contributed by atoms with E-state index in [4.69, 9.17) is 42.1 Å². The molecule has 13 nitrogen and oxygen atoms in total. The van der Waals surface area contributed by atoms with Crippen LogP contribution < -0.4 is 15.6 Å². The van der Waals surface area contributed by atoms with Crippen LogP contribution in [0.2, 0.25) is 10.0 Å². The number of hydrogen-bond acceptors (Lipinski definition) is 10. The van der Waals surface area contributed by atoms with Crippen LogP contribution in [0.5, 0.6) is 5.75 Å². The van der Waals surface area contributed by atoms with E-state index in [1.165, 1.54) is 17.8 Å². The highest BCUT2D eigenvalue weighted by atomic mass is 35.5. The molecule has 2 aromatic carbocycles. The predicted molar refractivity (Wildman–Crippen MR) is 167 cm³/mol. The number of rotatable bonds is 14. The summed E-state index contributed by atoms with van der Waals surface area (Å²) in [5.74, 6) is -1.65. The first-order valence-electron chi connectivity index (χ1n) is 13.6. The molecule has 5 rings (SSSR count). The average Bonchev–Trinajstić information content (AvgIpc) is 3.02. The lowest BCUT2D eigenvalue weighted by molar-refractivity contribution is -0.151. The molecule has 2 amide bonds. The van der Waals surface area contributed by atoms with Crippen molar-refractivity contribution in [2.45, 2.75) is 11.4 Å². The van der Waals surface area contributed by atoms with E-state index in [2.05, 4.69) is 15.3 Å². The van der Waals surface area contributed by atoms with Gasteiger partial charge in [0, 0.05) is 28.5 Å². The fraction of sp³-hybridized carbons (Fsp3) is 0.345. The molecule has 238 valence electrons. The smallest absolute Gasteiger partial charge is 0.352 e. The average molecular weight is 680 g/mol. The van der Waals surface area contributed by atoms with E-state index in [0.717, 1.165) is 4.90 Å². The van der Waals surface area contributed by atoms with Gasteiger partial charge in [0.05, 0.1) is 42.9 Å². The number of aliphatic carboxylic acids is 1. The summed E-state index contributed by atoms with van der Waals surface area (Å²) in [4.78, 5) is 58.8. The molecule has 0 aliphatic carbocycles. The lowest BCUT2D eigenvalue weighted by atomic mass is 10.0. The van der Waals surface area contributed by atoms with Gasteiger partial charge in [0.25, 0.3) is 11.5 Å². The number of ether oxygens (including phenoxy) is 4. The molecular weight excluding hydrogens is 651 g/mol. The number of nitrogens with one attached hydrogen (secondary N) is 2. The number of carboxylic acid groups (broad SMARTS) is 1. The molecule has 1 fully saturated rings. The monoisotopic (exact) mass is 678 g/mol. The number of amides is 2. The van der Waals surface area contributed by atoms with E-state index >= 15 is 0 Å². The summed E-state index contributed by atoms with van der Waals surface area (Å²) in [6.45, 7) is 0.876. The van der Waals surface area contributed by atoms with Crippen molar-refractivity contribution in [3.05, 3.63) is 68.1 Å². The Morgan fingerprint density at radius 1 is 1.09 bits per heavy atom. The third-order valence-corrected chi connectivity index (χ3v) is 8.68. The van der Waals surface area contributed by atoms with E-state index in [1.807, 2.05) is 0 Å². The third kappa shape index (κ3) is 7.43. The Kier molecular flexibility index (Phi) is 10.6. The van der Waals surface area contributed by atoms with E-state index in [-0.39, 0.29) is 49.5 Å². The van der Waals surface area contributed by atoms with Gasteiger partial charge in [-0.1, -0.05) is 23.2 Å². The van der Waals surface area contributed by atoms with Gasteiger partial charge >= 0.3 is 5.97 Å². The molecule has 0 bridgehead atoms. The molecular formula is C29H28Cl2N4O9S. The van der Waals surface area contributed by atoms with E-state index in [1.54, 1.807) is 37.4 Å². The number of carboxylic acids is 1. The molecule has 45 heavy (non-hydrogen) atoms. The number of halogens is 2. The highest BCUT2D eigenvalue weighted by molar-refractivity contribution is 8.00. The molecule has 0 radical (unpaired) electrons. The van der Waals surface area contributed by atoms with Crippen molar-refractivity contribution in [2.24, 2.45) is 0 Å². The number of aromatic nitrogens is 2. The number of carbonyl (C=O) groups is 3. The zero-order valence-corrected chi connectivity index (χ0v) is 26.2. The van der Waals surface area contributed by atoms with Gasteiger partial charge in [0.2, 0.25) is 5.91 Å². The SMILES string of the molecule is COCCOCCOCC(=O)NC1C(=O)N2C(C(=O)O)=C(COc3ccc(Cl)cc3-c3nc4ccc(Cl)cc4c(=O)[nH]3)CSC12. The maximum absolute atomic E-state index is 13.0. The second-order valence-corrected chi connectivity index (χ2v) is 11.9. The number of H-pyrrole nitrogens is 1. The van der Waals surface area contributed by atoms with Crippen LogP contribution in [0.4, 0.5) is 0 Å². The number of β-lactam (4-membered cyclic amide) rings is 1. The number of thioether (sulfide) groups is 1. The fourth-order valence-corrected chi connectivity index (χ4v) is 6.42. The Morgan fingerprint density at radius 2 is 1.82 bits per heavy atom. The third-order valence-electron chi connectivity index (χ3n) is 6.87. The Hall–Kier alpha value is -3.66. The summed E-state index contributed by atoms with van der Waals surface area (Å²) in [6.07, 6.45) is 0. The summed E-state index contributed by atoms with van der Waals surface area (Å²) >= 11 is 13.6. The number of aromatic amines is 1. The maximum Gasteiger partial charge on any atom is 0.352 e. The zero-order valence-electron chi connectivity index (χ0n) is 23.8. The van der Waals surface area contributed by atoms with Crippen LogP contribution >= 0.6 is 35.0 Å². The number of carbonyl (C=O) groups excluding carboxylic acids is 2. The maximum atomic E-state index is 13.0. The van der Waals surface area contributed by atoms with Gasteiger partial charge < -0.3 is 34.4 Å². The normalized spacial score (nSPS) is 17.7. The largest absolute Gasteiger partial charge is 0.488 e. The first kappa shape index (κ1) is 32.7. The van der Waals surface area contributed by atoms with Crippen LogP contribution in [0.1, 0.15) is 0 Å². The van der Waals surface area contributed by atoms with Crippen molar-refractivity contribution in [3.8, 4) is 17.1 Å². The molecule has 16 heteroatoms. The van der Waals surface area contributed by atoms with Gasteiger partial charge in [-0.2, -0.15) is 0 Å². The van der Waals surface area contributed by atoms with Gasteiger partial charge in [0.15, 0.2) is 0 Å². The Morgan fingerprint density at radius 3 is 2.60 bits per heavy atom. The fourth-order valence-electron chi connectivity index (χ4n) is 4.75. The van der Waals surface area contributed by atoms with Crippen LogP contribution in [0.3, 0.4) is 0 Å². The lowest BCUT2D eigenvalue weighted by Crippen LogP contribution is -2.70. The highest BCUT2D eigenvalue weighted by Crippen LogP contribution is 2.41. The summed E-state index contributed by atoms with van der Waals surface area (Å²) in [5, 5.41) is 13.1. The van der Waals surface area contributed by atoms with Gasteiger partial charge in [-0.15, -0.1) is 11.8 Å². The molecule has 3 heterocycles. The summed E-state index contributed by atoms with van der Waals surface area (Å²) < 4.78 is 21.5. The molecule has 1 aromatic heterocycles. The summed E-state index contributed by atoms with van der Waals surface area (Å²) in [5.41, 5.74) is 0.524. The quantitative estimate of drug-likeness (QED) is 0.169. The van der Waals surface area contributed by atoms with E-state index in [0.29, 0.717) is 45.3 Å². The molecule has 2 atom stereocenters. The predicted octanol–water partition coefficient (Wildman–Crippen LogP) is 2.69. The molecule has 2 unspecified atom stereocenters.